The molecule has 0 aliphatic heterocycles. The standard InChI is InChI=1S/C19H27N3O2/c1-13(23)22-19(10-3-2-4-11-19)18(24)21-17-7-5-6-14-12-15(20)8-9-16(14)17/h8-9,12,17H,2-7,10-11,20H2,1H3,(H,21,24)(H,22,23). The summed E-state index contributed by atoms with van der Waals surface area (Å²) in [6, 6.07) is 5.95. The number of benzene rings is 1. The van der Waals surface area contributed by atoms with E-state index >= 15 is 0 Å². The Hall–Kier alpha value is -2.04. The molecule has 0 bridgehead atoms. The van der Waals surface area contributed by atoms with Crippen LogP contribution in [0.1, 0.15) is 69.0 Å². The highest BCUT2D eigenvalue weighted by atomic mass is 16.2. The van der Waals surface area contributed by atoms with Crippen molar-refractivity contribution in [2.45, 2.75) is 69.9 Å². The Morgan fingerprint density at radius 2 is 1.92 bits per heavy atom. The van der Waals surface area contributed by atoms with Crippen LogP contribution in [-0.4, -0.2) is 17.4 Å². The van der Waals surface area contributed by atoms with Crippen LogP contribution in [0.5, 0.6) is 0 Å². The molecule has 1 atom stereocenters. The molecule has 1 aromatic rings. The van der Waals surface area contributed by atoms with Crippen molar-refractivity contribution >= 4 is 17.5 Å². The lowest BCUT2D eigenvalue weighted by atomic mass is 9.80. The molecule has 1 unspecified atom stereocenters. The highest BCUT2D eigenvalue weighted by Gasteiger charge is 2.41. The molecular weight excluding hydrogens is 302 g/mol. The van der Waals surface area contributed by atoms with Gasteiger partial charge in [0.25, 0.3) is 0 Å². The van der Waals surface area contributed by atoms with E-state index in [4.69, 9.17) is 5.73 Å². The van der Waals surface area contributed by atoms with Crippen molar-refractivity contribution in [2.24, 2.45) is 0 Å². The van der Waals surface area contributed by atoms with E-state index in [9.17, 15) is 9.59 Å². The lowest BCUT2D eigenvalue weighted by Crippen LogP contribution is -2.59. The molecule has 4 N–H and O–H groups in total. The van der Waals surface area contributed by atoms with Crippen molar-refractivity contribution in [3.05, 3.63) is 29.3 Å². The number of nitrogen functional groups attached to an aromatic ring is 1. The number of nitrogens with two attached hydrogens (primary N) is 1. The molecule has 5 nitrogen and oxygen atoms in total. The van der Waals surface area contributed by atoms with Gasteiger partial charge in [0.2, 0.25) is 11.8 Å². The summed E-state index contributed by atoms with van der Waals surface area (Å²) in [6.07, 6.45) is 7.49. The smallest absolute Gasteiger partial charge is 0.246 e. The number of carbonyl (C=O) groups is 2. The maximum absolute atomic E-state index is 13.0. The summed E-state index contributed by atoms with van der Waals surface area (Å²) in [5.41, 5.74) is 8.30. The second-order valence-corrected chi connectivity index (χ2v) is 7.20. The topological polar surface area (TPSA) is 84.2 Å². The van der Waals surface area contributed by atoms with Crippen LogP contribution in [-0.2, 0) is 16.0 Å². The number of amides is 2. The summed E-state index contributed by atoms with van der Waals surface area (Å²) >= 11 is 0. The van der Waals surface area contributed by atoms with Gasteiger partial charge in [0.15, 0.2) is 0 Å². The summed E-state index contributed by atoms with van der Waals surface area (Å²) in [6.45, 7) is 1.49. The molecule has 1 fully saturated rings. The summed E-state index contributed by atoms with van der Waals surface area (Å²) in [5, 5.41) is 6.16. The maximum Gasteiger partial charge on any atom is 0.246 e. The molecule has 0 heterocycles. The van der Waals surface area contributed by atoms with Gasteiger partial charge in [-0.1, -0.05) is 25.3 Å². The predicted octanol–water partition coefficient (Wildman–Crippen LogP) is 2.60. The van der Waals surface area contributed by atoms with Crippen LogP contribution in [0.25, 0.3) is 0 Å². The largest absolute Gasteiger partial charge is 0.399 e. The number of aryl methyl sites for hydroxylation is 1. The van der Waals surface area contributed by atoms with Gasteiger partial charge >= 0.3 is 0 Å². The Morgan fingerprint density at radius 3 is 2.62 bits per heavy atom. The van der Waals surface area contributed by atoms with Gasteiger partial charge in [0, 0.05) is 12.6 Å². The van der Waals surface area contributed by atoms with Crippen molar-refractivity contribution in [1.82, 2.24) is 10.6 Å². The zero-order valence-corrected chi connectivity index (χ0v) is 14.4. The van der Waals surface area contributed by atoms with E-state index in [0.717, 1.165) is 62.6 Å². The third-order valence-corrected chi connectivity index (χ3v) is 5.34. The number of nitrogens with one attached hydrogen (secondary N) is 2. The fraction of sp³-hybridized carbons (Fsp3) is 0.579. The first kappa shape index (κ1) is 16.8. The quantitative estimate of drug-likeness (QED) is 0.745. The van der Waals surface area contributed by atoms with Gasteiger partial charge < -0.3 is 16.4 Å². The van der Waals surface area contributed by atoms with E-state index in [0.29, 0.717) is 0 Å². The van der Waals surface area contributed by atoms with Crippen molar-refractivity contribution in [3.8, 4) is 0 Å². The number of carbonyl (C=O) groups excluding carboxylic acids is 2. The third kappa shape index (κ3) is 3.40. The number of anilines is 1. The SMILES string of the molecule is CC(=O)NC1(C(=O)NC2CCCc3cc(N)ccc32)CCCCC1. The predicted molar refractivity (Wildman–Crippen MR) is 94.3 cm³/mol. The van der Waals surface area contributed by atoms with E-state index in [1.807, 2.05) is 18.2 Å². The Labute approximate surface area is 143 Å². The van der Waals surface area contributed by atoms with E-state index in [1.54, 1.807) is 0 Å². The number of hydrogen-bond donors (Lipinski definition) is 3. The molecular formula is C19H27N3O2. The first-order valence-electron chi connectivity index (χ1n) is 8.98. The molecule has 2 amide bonds. The summed E-state index contributed by atoms with van der Waals surface area (Å²) in [4.78, 5) is 24.7. The van der Waals surface area contributed by atoms with Crippen molar-refractivity contribution in [2.75, 3.05) is 5.73 Å². The van der Waals surface area contributed by atoms with E-state index in [1.165, 1.54) is 12.5 Å². The molecule has 2 aliphatic rings. The second kappa shape index (κ2) is 6.83. The van der Waals surface area contributed by atoms with Gasteiger partial charge in [-0.15, -0.1) is 0 Å². The van der Waals surface area contributed by atoms with Crippen LogP contribution < -0.4 is 16.4 Å². The lowest BCUT2D eigenvalue weighted by molar-refractivity contribution is -0.135. The minimum atomic E-state index is -0.741. The molecule has 0 aromatic heterocycles. The van der Waals surface area contributed by atoms with Crippen molar-refractivity contribution in [3.63, 3.8) is 0 Å². The van der Waals surface area contributed by atoms with Crippen LogP contribution in [0, 0.1) is 0 Å². The number of rotatable bonds is 3. The Bertz CT molecular complexity index is 635. The van der Waals surface area contributed by atoms with Crippen molar-refractivity contribution in [1.29, 1.82) is 0 Å². The van der Waals surface area contributed by atoms with Gasteiger partial charge in [0.05, 0.1) is 6.04 Å². The fourth-order valence-electron chi connectivity index (χ4n) is 4.18. The van der Waals surface area contributed by atoms with Gasteiger partial charge in [-0.3, -0.25) is 9.59 Å². The normalized spacial score (nSPS) is 22.3. The first-order valence-corrected chi connectivity index (χ1v) is 8.98. The van der Waals surface area contributed by atoms with Gasteiger partial charge in [-0.2, -0.15) is 0 Å². The fourth-order valence-corrected chi connectivity index (χ4v) is 4.18. The first-order chi connectivity index (χ1) is 11.5. The zero-order valence-electron chi connectivity index (χ0n) is 14.4. The second-order valence-electron chi connectivity index (χ2n) is 7.20. The molecule has 130 valence electrons. The molecule has 24 heavy (non-hydrogen) atoms. The average molecular weight is 329 g/mol. The highest BCUT2D eigenvalue weighted by molar-refractivity contribution is 5.91. The molecule has 0 spiro atoms. The van der Waals surface area contributed by atoms with Gasteiger partial charge in [0.1, 0.15) is 5.54 Å². The van der Waals surface area contributed by atoms with E-state index in [-0.39, 0.29) is 17.9 Å². The number of hydrogen-bond acceptors (Lipinski definition) is 3. The molecule has 1 saturated carbocycles. The molecule has 3 rings (SSSR count). The van der Waals surface area contributed by atoms with Crippen LogP contribution in [0.3, 0.4) is 0 Å². The van der Waals surface area contributed by atoms with Crippen LogP contribution in [0.15, 0.2) is 18.2 Å². The lowest BCUT2D eigenvalue weighted by Gasteiger charge is -2.38. The maximum atomic E-state index is 13.0. The molecule has 2 aliphatic carbocycles. The Kier molecular flexibility index (Phi) is 4.78. The van der Waals surface area contributed by atoms with Crippen LogP contribution in [0.4, 0.5) is 5.69 Å². The minimum Gasteiger partial charge on any atom is -0.399 e. The average Bonchev–Trinajstić information content (AvgIpc) is 2.55. The molecule has 5 heteroatoms. The zero-order chi connectivity index (χ0) is 17.2. The van der Waals surface area contributed by atoms with Crippen LogP contribution >= 0.6 is 0 Å². The summed E-state index contributed by atoms with van der Waals surface area (Å²) in [5.74, 6) is -0.170. The van der Waals surface area contributed by atoms with Gasteiger partial charge in [-0.25, -0.2) is 0 Å². The molecule has 1 aromatic carbocycles. The highest BCUT2D eigenvalue weighted by Crippen LogP contribution is 2.33. The summed E-state index contributed by atoms with van der Waals surface area (Å²) < 4.78 is 0. The van der Waals surface area contributed by atoms with E-state index < -0.39 is 5.54 Å². The summed E-state index contributed by atoms with van der Waals surface area (Å²) in [7, 11) is 0. The molecule has 0 radical (unpaired) electrons. The van der Waals surface area contributed by atoms with Crippen molar-refractivity contribution < 1.29 is 9.59 Å². The third-order valence-electron chi connectivity index (χ3n) is 5.34. The Balaban J connectivity index is 1.80. The number of fused-ring (bicyclic) bond motifs is 1. The van der Waals surface area contributed by atoms with E-state index in [2.05, 4.69) is 10.6 Å². The Morgan fingerprint density at radius 1 is 1.17 bits per heavy atom. The van der Waals surface area contributed by atoms with Crippen LogP contribution in [0.2, 0.25) is 0 Å². The molecule has 0 saturated heterocycles. The minimum absolute atomic E-state index is 0.00871. The monoisotopic (exact) mass is 329 g/mol. The van der Waals surface area contributed by atoms with Gasteiger partial charge in [-0.05, 0) is 55.4 Å².